The van der Waals surface area contributed by atoms with Gasteiger partial charge in [-0.3, -0.25) is 9.59 Å². The molecule has 3 N–H and O–H groups in total. The average Bonchev–Trinajstić information content (AvgIpc) is 3.00. The maximum Gasteiger partial charge on any atom is 0.329 e. The second-order valence-corrected chi connectivity index (χ2v) is 5.90. The molecular weight excluding hydrogens is 260 g/mol. The number of carboxylic acid groups (broad SMARTS) is 1. The highest BCUT2D eigenvalue weighted by molar-refractivity contribution is 5.91. The van der Waals surface area contributed by atoms with E-state index in [-0.39, 0.29) is 12.5 Å². The number of rotatable bonds is 7. The van der Waals surface area contributed by atoms with Gasteiger partial charge in [-0.05, 0) is 25.2 Å². The second kappa shape index (κ2) is 6.24. The molecule has 6 heteroatoms. The summed E-state index contributed by atoms with van der Waals surface area (Å²) >= 11 is 0. The number of nitrogens with one attached hydrogen (secondary N) is 2. The minimum atomic E-state index is -1.08. The molecule has 0 atom stereocenters. The molecule has 0 spiro atoms. The van der Waals surface area contributed by atoms with Crippen molar-refractivity contribution in [2.75, 3.05) is 6.54 Å². The summed E-state index contributed by atoms with van der Waals surface area (Å²) in [6, 6.07) is 0. The number of aliphatic carboxylic acids is 1. The van der Waals surface area contributed by atoms with Crippen molar-refractivity contribution < 1.29 is 19.5 Å². The van der Waals surface area contributed by atoms with Crippen LogP contribution in [0.2, 0.25) is 0 Å². The minimum Gasteiger partial charge on any atom is -0.480 e. The lowest BCUT2D eigenvalue weighted by Gasteiger charge is -2.13. The number of carboxylic acids is 1. The Labute approximate surface area is 118 Å². The highest BCUT2D eigenvalue weighted by Gasteiger charge is 2.51. The first-order valence-electron chi connectivity index (χ1n) is 7.33. The van der Waals surface area contributed by atoms with Gasteiger partial charge in [0.1, 0.15) is 5.54 Å². The van der Waals surface area contributed by atoms with Gasteiger partial charge in [-0.25, -0.2) is 4.79 Å². The normalized spacial score (nSPS) is 20.4. The molecule has 2 aliphatic carbocycles. The van der Waals surface area contributed by atoms with E-state index in [2.05, 4.69) is 10.6 Å². The molecule has 0 unspecified atom stereocenters. The van der Waals surface area contributed by atoms with E-state index in [4.69, 9.17) is 5.11 Å². The van der Waals surface area contributed by atoms with Crippen molar-refractivity contribution in [2.24, 2.45) is 5.92 Å². The fourth-order valence-electron chi connectivity index (χ4n) is 2.73. The van der Waals surface area contributed by atoms with E-state index < -0.39 is 17.4 Å². The molecule has 2 saturated carbocycles. The number of hydrogen-bond donors (Lipinski definition) is 3. The van der Waals surface area contributed by atoms with Crippen molar-refractivity contribution in [3.63, 3.8) is 0 Å². The lowest BCUT2D eigenvalue weighted by atomic mass is 10.0. The van der Waals surface area contributed by atoms with E-state index in [0.29, 0.717) is 25.2 Å². The quantitative estimate of drug-likeness (QED) is 0.644. The van der Waals surface area contributed by atoms with Gasteiger partial charge in [-0.1, -0.05) is 25.7 Å². The molecule has 2 aliphatic rings. The molecule has 0 saturated heterocycles. The van der Waals surface area contributed by atoms with Crippen molar-refractivity contribution in [3.05, 3.63) is 0 Å². The van der Waals surface area contributed by atoms with Crippen LogP contribution in [0.1, 0.15) is 51.4 Å². The van der Waals surface area contributed by atoms with Crippen molar-refractivity contribution in [2.45, 2.75) is 56.9 Å². The first-order valence-corrected chi connectivity index (χ1v) is 7.33. The number of amides is 2. The largest absolute Gasteiger partial charge is 0.480 e. The van der Waals surface area contributed by atoms with Gasteiger partial charge in [0, 0.05) is 6.42 Å². The Morgan fingerprint density at radius 2 is 1.75 bits per heavy atom. The van der Waals surface area contributed by atoms with Gasteiger partial charge in [-0.2, -0.15) is 0 Å². The Morgan fingerprint density at radius 3 is 2.30 bits per heavy atom. The van der Waals surface area contributed by atoms with Crippen molar-refractivity contribution in [3.8, 4) is 0 Å². The molecule has 2 amide bonds. The van der Waals surface area contributed by atoms with E-state index in [0.717, 1.165) is 6.42 Å². The molecular formula is C14H22N2O4. The Hall–Kier alpha value is -1.59. The van der Waals surface area contributed by atoms with Crippen LogP contribution in [0, 0.1) is 5.92 Å². The minimum absolute atomic E-state index is 0.132. The molecule has 112 valence electrons. The Morgan fingerprint density at radius 1 is 1.10 bits per heavy atom. The van der Waals surface area contributed by atoms with Crippen LogP contribution >= 0.6 is 0 Å². The smallest absolute Gasteiger partial charge is 0.329 e. The monoisotopic (exact) mass is 282 g/mol. The fourth-order valence-corrected chi connectivity index (χ4v) is 2.73. The average molecular weight is 282 g/mol. The van der Waals surface area contributed by atoms with Crippen molar-refractivity contribution >= 4 is 17.8 Å². The molecule has 0 bridgehead atoms. The first-order chi connectivity index (χ1) is 9.52. The summed E-state index contributed by atoms with van der Waals surface area (Å²) in [5, 5.41) is 14.0. The topological polar surface area (TPSA) is 95.5 Å². The van der Waals surface area contributed by atoms with Crippen LogP contribution in [0.25, 0.3) is 0 Å². The second-order valence-electron chi connectivity index (χ2n) is 5.90. The zero-order valence-electron chi connectivity index (χ0n) is 11.6. The maximum absolute atomic E-state index is 11.6. The number of carbonyl (C=O) groups excluding carboxylic acids is 2. The summed E-state index contributed by atoms with van der Waals surface area (Å²) < 4.78 is 0. The fraction of sp³-hybridized carbons (Fsp3) is 0.786. The van der Waals surface area contributed by atoms with Gasteiger partial charge in [0.15, 0.2) is 0 Å². The van der Waals surface area contributed by atoms with E-state index in [1.165, 1.54) is 25.7 Å². The molecule has 0 aromatic heterocycles. The van der Waals surface area contributed by atoms with Crippen LogP contribution in [0.5, 0.6) is 0 Å². The Bertz CT molecular complexity index is 398. The SMILES string of the molecule is O=C(CCC1CCCC1)NCC(=O)NC1(C(=O)O)CC1. The molecule has 20 heavy (non-hydrogen) atoms. The molecule has 0 aliphatic heterocycles. The van der Waals surface area contributed by atoms with E-state index in [1.54, 1.807) is 0 Å². The number of carbonyl (C=O) groups is 3. The third-order valence-electron chi connectivity index (χ3n) is 4.24. The molecule has 0 aromatic rings. The molecule has 0 aromatic carbocycles. The lowest BCUT2D eigenvalue weighted by molar-refractivity contribution is -0.143. The van der Waals surface area contributed by atoms with Gasteiger partial charge in [0.25, 0.3) is 0 Å². The summed E-state index contributed by atoms with van der Waals surface area (Å²) in [5.74, 6) is -0.916. The molecule has 6 nitrogen and oxygen atoms in total. The highest BCUT2D eigenvalue weighted by Crippen LogP contribution is 2.35. The number of hydrogen-bond acceptors (Lipinski definition) is 3. The van der Waals surface area contributed by atoms with Crippen LogP contribution < -0.4 is 10.6 Å². The van der Waals surface area contributed by atoms with Crippen LogP contribution in [-0.2, 0) is 14.4 Å². The third kappa shape index (κ3) is 3.95. The Balaban J connectivity index is 1.60. The van der Waals surface area contributed by atoms with Crippen molar-refractivity contribution in [1.29, 1.82) is 0 Å². The van der Waals surface area contributed by atoms with E-state index in [9.17, 15) is 14.4 Å². The van der Waals surface area contributed by atoms with Crippen LogP contribution in [0.15, 0.2) is 0 Å². The maximum atomic E-state index is 11.6. The predicted octanol–water partition coefficient (Wildman–Crippen LogP) is 0.806. The van der Waals surface area contributed by atoms with Gasteiger partial charge < -0.3 is 15.7 Å². The van der Waals surface area contributed by atoms with Gasteiger partial charge >= 0.3 is 5.97 Å². The Kier molecular flexibility index (Phi) is 4.62. The van der Waals surface area contributed by atoms with Crippen LogP contribution in [0.3, 0.4) is 0 Å². The first kappa shape index (κ1) is 14.8. The van der Waals surface area contributed by atoms with Crippen LogP contribution in [0.4, 0.5) is 0 Å². The molecule has 0 radical (unpaired) electrons. The standard InChI is InChI=1S/C14H22N2O4/c17-11(6-5-10-3-1-2-4-10)15-9-12(18)16-14(7-8-14)13(19)20/h10H,1-9H2,(H,15,17)(H,16,18)(H,19,20). The summed E-state index contributed by atoms with van der Waals surface area (Å²) in [4.78, 5) is 34.1. The summed E-state index contributed by atoms with van der Waals surface area (Å²) in [6.07, 6.45) is 7.17. The summed E-state index contributed by atoms with van der Waals surface area (Å²) in [5.41, 5.74) is -1.08. The molecule has 2 rings (SSSR count). The summed E-state index contributed by atoms with van der Waals surface area (Å²) in [6.45, 7) is -0.140. The molecule has 0 heterocycles. The van der Waals surface area contributed by atoms with Gasteiger partial charge in [0.05, 0.1) is 6.54 Å². The highest BCUT2D eigenvalue weighted by atomic mass is 16.4. The van der Waals surface area contributed by atoms with Crippen molar-refractivity contribution in [1.82, 2.24) is 10.6 Å². The van der Waals surface area contributed by atoms with E-state index in [1.807, 2.05) is 0 Å². The zero-order valence-corrected chi connectivity index (χ0v) is 11.6. The van der Waals surface area contributed by atoms with E-state index >= 15 is 0 Å². The van der Waals surface area contributed by atoms with Crippen LogP contribution in [-0.4, -0.2) is 35.0 Å². The van der Waals surface area contributed by atoms with Gasteiger partial charge in [0.2, 0.25) is 11.8 Å². The zero-order chi connectivity index (χ0) is 14.6. The molecule has 2 fully saturated rings. The summed E-state index contributed by atoms with van der Waals surface area (Å²) in [7, 11) is 0. The predicted molar refractivity (Wildman–Crippen MR) is 71.9 cm³/mol. The lowest BCUT2D eigenvalue weighted by Crippen LogP contribution is -2.47. The van der Waals surface area contributed by atoms with Gasteiger partial charge in [-0.15, -0.1) is 0 Å². The third-order valence-corrected chi connectivity index (χ3v) is 4.24.